The molecule has 0 bridgehead atoms. The van der Waals surface area contributed by atoms with Crippen LogP contribution in [0.3, 0.4) is 0 Å². The largest absolute Gasteiger partial charge is 0.481 e. The molecule has 142 valence electrons. The summed E-state index contributed by atoms with van der Waals surface area (Å²) in [7, 11) is 0. The molecule has 27 heavy (non-hydrogen) atoms. The van der Waals surface area contributed by atoms with Crippen LogP contribution in [0.1, 0.15) is 30.1 Å². The summed E-state index contributed by atoms with van der Waals surface area (Å²) in [4.78, 5) is 36.6. The van der Waals surface area contributed by atoms with Crippen molar-refractivity contribution in [1.29, 1.82) is 0 Å². The molecular formula is C19H19NO6S. The molecule has 7 nitrogen and oxygen atoms in total. The Kier molecular flexibility index (Phi) is 5.75. The predicted molar refractivity (Wildman–Crippen MR) is 99.6 cm³/mol. The highest BCUT2D eigenvalue weighted by molar-refractivity contribution is 7.15. The summed E-state index contributed by atoms with van der Waals surface area (Å²) < 4.78 is 10.5. The maximum Gasteiger partial charge on any atom is 0.341 e. The fraction of sp³-hybridized carbons (Fsp3) is 0.316. The van der Waals surface area contributed by atoms with Gasteiger partial charge in [0.1, 0.15) is 16.3 Å². The van der Waals surface area contributed by atoms with Gasteiger partial charge in [0.15, 0.2) is 0 Å². The van der Waals surface area contributed by atoms with E-state index in [2.05, 4.69) is 5.32 Å². The fourth-order valence-electron chi connectivity index (χ4n) is 3.05. The summed E-state index contributed by atoms with van der Waals surface area (Å²) >= 11 is 1.17. The Hall–Kier alpha value is -2.87. The van der Waals surface area contributed by atoms with Crippen molar-refractivity contribution in [2.75, 3.05) is 11.9 Å². The molecule has 1 aliphatic carbocycles. The molecule has 2 atom stereocenters. The second-order valence-corrected chi connectivity index (χ2v) is 6.91. The molecule has 0 fully saturated rings. The van der Waals surface area contributed by atoms with Crippen LogP contribution >= 0.6 is 11.3 Å². The van der Waals surface area contributed by atoms with Crippen molar-refractivity contribution >= 4 is 34.2 Å². The van der Waals surface area contributed by atoms with E-state index >= 15 is 0 Å². The first-order chi connectivity index (χ1) is 13.0. The number of allylic oxidation sites excluding steroid dienone is 2. The summed E-state index contributed by atoms with van der Waals surface area (Å²) in [6.45, 7) is 1.88. The van der Waals surface area contributed by atoms with Gasteiger partial charge in [0.05, 0.1) is 24.7 Å². The molecule has 0 aromatic carbocycles. The van der Waals surface area contributed by atoms with Crippen LogP contribution in [0.4, 0.5) is 5.00 Å². The normalized spacial score (nSPS) is 18.9. The predicted octanol–water partition coefficient (Wildman–Crippen LogP) is 3.79. The molecule has 8 heteroatoms. The van der Waals surface area contributed by atoms with E-state index in [1.54, 1.807) is 36.6 Å². The number of rotatable bonds is 6. The van der Waals surface area contributed by atoms with Crippen LogP contribution in [0, 0.1) is 11.8 Å². The number of esters is 1. The molecule has 2 unspecified atom stereocenters. The van der Waals surface area contributed by atoms with Gasteiger partial charge in [-0.15, -0.1) is 11.3 Å². The molecule has 0 saturated carbocycles. The van der Waals surface area contributed by atoms with Gasteiger partial charge < -0.3 is 19.6 Å². The Morgan fingerprint density at radius 2 is 2.04 bits per heavy atom. The average Bonchev–Trinajstić information content (AvgIpc) is 3.31. The number of thiophene rings is 1. The second kappa shape index (κ2) is 8.22. The number of aliphatic carboxylic acids is 1. The summed E-state index contributed by atoms with van der Waals surface area (Å²) in [5.41, 5.74) is 0.737. The topological polar surface area (TPSA) is 106 Å². The van der Waals surface area contributed by atoms with Crippen LogP contribution in [0.15, 0.2) is 40.3 Å². The summed E-state index contributed by atoms with van der Waals surface area (Å²) in [6, 6.07) is 3.41. The van der Waals surface area contributed by atoms with Crippen molar-refractivity contribution in [1.82, 2.24) is 0 Å². The van der Waals surface area contributed by atoms with Crippen molar-refractivity contribution in [3.05, 3.63) is 41.5 Å². The number of carbonyl (C=O) groups excluding carboxylic acids is 2. The summed E-state index contributed by atoms with van der Waals surface area (Å²) in [5.74, 6) is -3.00. The first-order valence-electron chi connectivity index (χ1n) is 8.54. The van der Waals surface area contributed by atoms with Gasteiger partial charge in [0.2, 0.25) is 5.91 Å². The van der Waals surface area contributed by atoms with Crippen molar-refractivity contribution in [2.24, 2.45) is 11.8 Å². The van der Waals surface area contributed by atoms with Crippen LogP contribution in [0.25, 0.3) is 11.3 Å². The quantitative estimate of drug-likeness (QED) is 0.575. The van der Waals surface area contributed by atoms with Gasteiger partial charge >= 0.3 is 11.9 Å². The number of carboxylic acid groups (broad SMARTS) is 1. The van der Waals surface area contributed by atoms with Crippen LogP contribution in [0.2, 0.25) is 0 Å². The number of hydrogen-bond donors (Lipinski definition) is 2. The molecule has 1 amide bonds. The van der Waals surface area contributed by atoms with Gasteiger partial charge in [-0.1, -0.05) is 12.2 Å². The Morgan fingerprint density at radius 3 is 2.67 bits per heavy atom. The van der Waals surface area contributed by atoms with E-state index in [0.29, 0.717) is 29.2 Å². The molecule has 0 spiro atoms. The molecule has 0 radical (unpaired) electrons. The zero-order chi connectivity index (χ0) is 19.4. The number of furan rings is 1. The van der Waals surface area contributed by atoms with Gasteiger partial charge in [-0.25, -0.2) is 4.79 Å². The van der Waals surface area contributed by atoms with Crippen LogP contribution < -0.4 is 5.32 Å². The smallest absolute Gasteiger partial charge is 0.341 e. The van der Waals surface area contributed by atoms with Crippen molar-refractivity contribution in [3.8, 4) is 11.3 Å². The van der Waals surface area contributed by atoms with Gasteiger partial charge in [0.25, 0.3) is 0 Å². The van der Waals surface area contributed by atoms with E-state index in [0.717, 1.165) is 0 Å². The van der Waals surface area contributed by atoms with Crippen molar-refractivity contribution < 1.29 is 28.6 Å². The lowest BCUT2D eigenvalue weighted by molar-refractivity contribution is -0.146. The minimum atomic E-state index is -1.01. The first-order valence-corrected chi connectivity index (χ1v) is 9.42. The Morgan fingerprint density at radius 1 is 1.30 bits per heavy atom. The van der Waals surface area contributed by atoms with Crippen LogP contribution in [0.5, 0.6) is 0 Å². The molecule has 1 aliphatic rings. The third-order valence-corrected chi connectivity index (χ3v) is 5.28. The second-order valence-electron chi connectivity index (χ2n) is 6.03. The van der Waals surface area contributed by atoms with Gasteiger partial charge in [0, 0.05) is 10.9 Å². The SMILES string of the molecule is CCOC(=O)c1c(-c2ccco2)csc1NC(=O)C1CC=CCC1C(=O)O. The van der Waals surface area contributed by atoms with E-state index in [9.17, 15) is 19.5 Å². The van der Waals surface area contributed by atoms with E-state index in [4.69, 9.17) is 9.15 Å². The maximum absolute atomic E-state index is 12.7. The highest BCUT2D eigenvalue weighted by Gasteiger charge is 2.35. The minimum Gasteiger partial charge on any atom is -0.481 e. The lowest BCUT2D eigenvalue weighted by atomic mass is 9.82. The van der Waals surface area contributed by atoms with Gasteiger partial charge in [-0.3, -0.25) is 9.59 Å². The van der Waals surface area contributed by atoms with Crippen LogP contribution in [-0.4, -0.2) is 29.6 Å². The number of amides is 1. The highest BCUT2D eigenvalue weighted by atomic mass is 32.1. The number of carboxylic acids is 1. The lowest BCUT2D eigenvalue weighted by Gasteiger charge is -2.24. The fourth-order valence-corrected chi connectivity index (χ4v) is 3.99. The summed E-state index contributed by atoms with van der Waals surface area (Å²) in [5, 5.41) is 14.1. The van der Waals surface area contributed by atoms with Crippen molar-refractivity contribution in [2.45, 2.75) is 19.8 Å². The third-order valence-electron chi connectivity index (χ3n) is 4.38. The number of anilines is 1. The van der Waals surface area contributed by atoms with Gasteiger partial charge in [-0.2, -0.15) is 0 Å². The standard InChI is InChI=1S/C19H19NO6S/c1-2-25-19(24)15-13(14-8-5-9-26-14)10-27-17(15)20-16(21)11-6-3-4-7-12(11)18(22)23/h3-5,8-12H,2,6-7H2,1H3,(H,20,21)(H,22,23). The van der Waals surface area contributed by atoms with Crippen LogP contribution in [-0.2, 0) is 14.3 Å². The maximum atomic E-state index is 12.7. The highest BCUT2D eigenvalue weighted by Crippen LogP contribution is 2.37. The average molecular weight is 389 g/mol. The molecular weight excluding hydrogens is 370 g/mol. The number of hydrogen-bond acceptors (Lipinski definition) is 6. The Balaban J connectivity index is 1.90. The zero-order valence-electron chi connectivity index (χ0n) is 14.6. The Bertz CT molecular complexity index is 867. The molecule has 0 saturated heterocycles. The van der Waals surface area contributed by atoms with E-state index in [-0.39, 0.29) is 12.2 Å². The first kappa shape index (κ1) is 18.9. The summed E-state index contributed by atoms with van der Waals surface area (Å²) in [6.07, 6.45) is 5.71. The molecule has 2 aromatic heterocycles. The monoisotopic (exact) mass is 389 g/mol. The van der Waals surface area contributed by atoms with Gasteiger partial charge in [-0.05, 0) is 31.9 Å². The lowest BCUT2D eigenvalue weighted by Crippen LogP contribution is -2.34. The van der Waals surface area contributed by atoms with E-state index < -0.39 is 29.7 Å². The molecule has 3 rings (SSSR count). The molecule has 2 aromatic rings. The molecule has 0 aliphatic heterocycles. The zero-order valence-corrected chi connectivity index (χ0v) is 15.5. The number of carbonyl (C=O) groups is 3. The third kappa shape index (κ3) is 3.95. The number of nitrogens with one attached hydrogen (secondary N) is 1. The number of ether oxygens (including phenoxy) is 1. The van der Waals surface area contributed by atoms with Crippen molar-refractivity contribution in [3.63, 3.8) is 0 Å². The molecule has 2 N–H and O–H groups in total. The van der Waals surface area contributed by atoms with E-state index in [1.807, 2.05) is 0 Å². The Labute approximate surface area is 159 Å². The molecule has 2 heterocycles. The minimum absolute atomic E-state index is 0.189. The van der Waals surface area contributed by atoms with E-state index in [1.165, 1.54) is 17.6 Å².